The highest BCUT2D eigenvalue weighted by atomic mass is 32.2. The first-order valence-electron chi connectivity index (χ1n) is 9.77. The van der Waals surface area contributed by atoms with Crippen molar-refractivity contribution in [1.82, 2.24) is 9.62 Å². The summed E-state index contributed by atoms with van der Waals surface area (Å²) in [5, 5.41) is 2.98. The summed E-state index contributed by atoms with van der Waals surface area (Å²) in [5.74, 6) is 0.410. The Hall–Kier alpha value is -2.38. The number of nitrogens with zero attached hydrogens (tertiary/aromatic N) is 1. The summed E-state index contributed by atoms with van der Waals surface area (Å²) >= 11 is 0. The van der Waals surface area contributed by atoms with Crippen LogP contribution >= 0.6 is 0 Å². The summed E-state index contributed by atoms with van der Waals surface area (Å²) in [6.07, 6.45) is 1.17. The van der Waals surface area contributed by atoms with Gasteiger partial charge in [0.1, 0.15) is 11.8 Å². The Morgan fingerprint density at radius 2 is 1.79 bits per heavy atom. The van der Waals surface area contributed by atoms with E-state index in [0.717, 1.165) is 16.7 Å². The zero-order chi connectivity index (χ0) is 21.2. The average molecular weight is 417 g/mol. The third kappa shape index (κ3) is 4.46. The second-order valence-corrected chi connectivity index (χ2v) is 9.45. The maximum Gasteiger partial charge on any atom is 0.243 e. The van der Waals surface area contributed by atoms with Gasteiger partial charge in [-0.2, -0.15) is 4.31 Å². The highest BCUT2D eigenvalue weighted by Crippen LogP contribution is 2.29. The molecule has 1 N–H and O–H groups in total. The predicted octanol–water partition coefficient (Wildman–Crippen LogP) is 3.34. The number of aryl methyl sites for hydroxylation is 2. The largest absolute Gasteiger partial charge is 0.496 e. The van der Waals surface area contributed by atoms with Gasteiger partial charge in [-0.25, -0.2) is 8.42 Å². The molecule has 0 bridgehead atoms. The third-order valence-electron chi connectivity index (χ3n) is 5.34. The molecule has 1 aliphatic heterocycles. The second-order valence-electron chi connectivity index (χ2n) is 7.56. The lowest BCUT2D eigenvalue weighted by Gasteiger charge is -2.25. The molecule has 0 saturated carbocycles. The Bertz CT molecular complexity index is 986. The van der Waals surface area contributed by atoms with E-state index in [1.165, 1.54) is 4.31 Å². The number of hydrogen-bond donors (Lipinski definition) is 1. The van der Waals surface area contributed by atoms with Crippen LogP contribution in [0.5, 0.6) is 5.75 Å². The molecular formula is C22H28N2O4S. The monoisotopic (exact) mass is 416 g/mol. The lowest BCUT2D eigenvalue weighted by Crippen LogP contribution is -2.46. The summed E-state index contributed by atoms with van der Waals surface area (Å²) < 4.78 is 32.9. The fourth-order valence-corrected chi connectivity index (χ4v) is 5.37. The number of methoxy groups -OCH3 is 1. The van der Waals surface area contributed by atoms with Gasteiger partial charge in [0.05, 0.1) is 18.0 Å². The summed E-state index contributed by atoms with van der Waals surface area (Å²) in [6.45, 7) is 6.10. The van der Waals surface area contributed by atoms with Crippen molar-refractivity contribution in [2.45, 2.75) is 50.6 Å². The van der Waals surface area contributed by atoms with Crippen molar-refractivity contribution in [3.63, 3.8) is 0 Å². The Balaban J connectivity index is 1.80. The number of amides is 1. The normalized spacial score (nSPS) is 18.4. The standard InChI is InChI=1S/C22H28N2O4S/c1-15-7-10-18(11-8-15)29(26,27)24-13-5-6-20(24)22(25)23-17(3)19-14-16(2)9-12-21(19)28-4/h7-12,14,17,20H,5-6,13H2,1-4H3,(H,23,25)/t17?,20-/m0/s1. The molecule has 0 spiro atoms. The lowest BCUT2D eigenvalue weighted by atomic mass is 10.0. The van der Waals surface area contributed by atoms with Crippen molar-refractivity contribution in [1.29, 1.82) is 0 Å². The van der Waals surface area contributed by atoms with Crippen LogP contribution in [0.25, 0.3) is 0 Å². The number of hydrogen-bond acceptors (Lipinski definition) is 4. The van der Waals surface area contributed by atoms with Crippen LogP contribution in [-0.2, 0) is 14.8 Å². The van der Waals surface area contributed by atoms with E-state index in [0.29, 0.717) is 25.1 Å². The van der Waals surface area contributed by atoms with Gasteiger partial charge in [0.15, 0.2) is 0 Å². The van der Waals surface area contributed by atoms with Crippen LogP contribution in [0.15, 0.2) is 47.4 Å². The summed E-state index contributed by atoms with van der Waals surface area (Å²) in [5.41, 5.74) is 2.92. The average Bonchev–Trinajstić information content (AvgIpc) is 3.19. The van der Waals surface area contributed by atoms with E-state index in [1.807, 2.05) is 39.0 Å². The SMILES string of the molecule is COc1ccc(C)cc1C(C)NC(=O)[C@@H]1CCCN1S(=O)(=O)c1ccc(C)cc1. The zero-order valence-corrected chi connectivity index (χ0v) is 18.1. The van der Waals surface area contributed by atoms with Crippen LogP contribution in [0.2, 0.25) is 0 Å². The van der Waals surface area contributed by atoms with E-state index in [4.69, 9.17) is 4.74 Å². The number of ether oxygens (including phenoxy) is 1. The van der Waals surface area contributed by atoms with Gasteiger partial charge >= 0.3 is 0 Å². The van der Waals surface area contributed by atoms with Crippen molar-refractivity contribution in [2.75, 3.05) is 13.7 Å². The van der Waals surface area contributed by atoms with Crippen LogP contribution in [0.1, 0.15) is 42.5 Å². The van der Waals surface area contributed by atoms with Gasteiger partial charge in [-0.15, -0.1) is 0 Å². The number of sulfonamides is 1. The van der Waals surface area contributed by atoms with E-state index < -0.39 is 16.1 Å². The molecule has 7 heteroatoms. The van der Waals surface area contributed by atoms with Crippen molar-refractivity contribution in [3.8, 4) is 5.75 Å². The molecule has 3 rings (SSSR count). The second kappa shape index (κ2) is 8.55. The first kappa shape index (κ1) is 21.3. The van der Waals surface area contributed by atoms with Gasteiger partial charge in [-0.3, -0.25) is 4.79 Å². The Morgan fingerprint density at radius 3 is 2.45 bits per heavy atom. The quantitative estimate of drug-likeness (QED) is 0.784. The third-order valence-corrected chi connectivity index (χ3v) is 7.27. The molecule has 1 saturated heterocycles. The maximum atomic E-state index is 13.1. The molecule has 1 heterocycles. The Kier molecular flexibility index (Phi) is 6.29. The molecule has 2 aromatic rings. The minimum Gasteiger partial charge on any atom is -0.496 e. The molecule has 6 nitrogen and oxygen atoms in total. The van der Waals surface area contributed by atoms with Gasteiger partial charge in [0.2, 0.25) is 15.9 Å². The zero-order valence-electron chi connectivity index (χ0n) is 17.3. The van der Waals surface area contributed by atoms with Crippen molar-refractivity contribution in [2.24, 2.45) is 0 Å². The molecular weight excluding hydrogens is 388 g/mol. The van der Waals surface area contributed by atoms with Gasteiger partial charge in [0, 0.05) is 12.1 Å². The highest BCUT2D eigenvalue weighted by molar-refractivity contribution is 7.89. The fourth-order valence-electron chi connectivity index (χ4n) is 3.71. The number of carbonyl (C=O) groups excluding carboxylic acids is 1. The smallest absolute Gasteiger partial charge is 0.243 e. The number of nitrogens with one attached hydrogen (secondary N) is 1. The number of rotatable bonds is 6. The molecule has 1 fully saturated rings. The topological polar surface area (TPSA) is 75.7 Å². The minimum absolute atomic E-state index is 0.219. The van der Waals surface area contributed by atoms with E-state index in [9.17, 15) is 13.2 Å². The van der Waals surface area contributed by atoms with Gasteiger partial charge < -0.3 is 10.1 Å². The van der Waals surface area contributed by atoms with Crippen molar-refractivity contribution in [3.05, 3.63) is 59.2 Å². The van der Waals surface area contributed by atoms with Crippen molar-refractivity contribution >= 4 is 15.9 Å². The summed E-state index contributed by atoms with van der Waals surface area (Å²) in [7, 11) is -2.13. The van der Waals surface area contributed by atoms with Crippen LogP contribution in [0.4, 0.5) is 0 Å². The Morgan fingerprint density at radius 1 is 1.14 bits per heavy atom. The van der Waals surface area contributed by atoms with E-state index >= 15 is 0 Å². The van der Waals surface area contributed by atoms with Gasteiger partial charge in [-0.05, 0) is 51.8 Å². The van der Waals surface area contributed by atoms with E-state index in [-0.39, 0.29) is 16.8 Å². The highest BCUT2D eigenvalue weighted by Gasteiger charge is 2.39. The molecule has 2 atom stereocenters. The minimum atomic E-state index is -3.72. The molecule has 0 aliphatic carbocycles. The Labute approximate surface area is 172 Å². The molecule has 1 unspecified atom stereocenters. The van der Waals surface area contributed by atoms with Crippen LogP contribution in [-0.4, -0.2) is 38.3 Å². The number of carbonyl (C=O) groups is 1. The van der Waals surface area contributed by atoms with Crippen molar-refractivity contribution < 1.29 is 17.9 Å². The molecule has 0 radical (unpaired) electrons. The summed E-state index contributed by atoms with van der Waals surface area (Å²) in [6, 6.07) is 11.5. The van der Waals surface area contributed by atoms with Gasteiger partial charge in [0.25, 0.3) is 0 Å². The lowest BCUT2D eigenvalue weighted by molar-refractivity contribution is -0.124. The molecule has 29 heavy (non-hydrogen) atoms. The van der Waals surface area contributed by atoms with Crippen LogP contribution in [0.3, 0.4) is 0 Å². The maximum absolute atomic E-state index is 13.1. The molecule has 1 amide bonds. The van der Waals surface area contributed by atoms with Crippen LogP contribution < -0.4 is 10.1 Å². The first-order chi connectivity index (χ1) is 13.7. The predicted molar refractivity (Wildman–Crippen MR) is 112 cm³/mol. The first-order valence-corrected chi connectivity index (χ1v) is 11.2. The van der Waals surface area contributed by atoms with E-state index in [1.54, 1.807) is 31.4 Å². The molecule has 1 aliphatic rings. The van der Waals surface area contributed by atoms with E-state index in [2.05, 4.69) is 5.32 Å². The molecule has 2 aromatic carbocycles. The summed E-state index contributed by atoms with van der Waals surface area (Å²) in [4.78, 5) is 13.2. The van der Waals surface area contributed by atoms with Gasteiger partial charge in [-0.1, -0.05) is 35.4 Å². The molecule has 156 valence electrons. The van der Waals surface area contributed by atoms with Crippen LogP contribution in [0, 0.1) is 13.8 Å². The molecule has 0 aromatic heterocycles. The fraction of sp³-hybridized carbons (Fsp3) is 0.409. The number of benzene rings is 2.